The zero-order valence-corrected chi connectivity index (χ0v) is 13.3. The summed E-state index contributed by atoms with van der Waals surface area (Å²) in [4.78, 5) is 10.5. The summed E-state index contributed by atoms with van der Waals surface area (Å²) in [5.74, 6) is -3.26. The fourth-order valence-corrected chi connectivity index (χ4v) is 2.27. The van der Waals surface area contributed by atoms with E-state index in [0.29, 0.717) is 12.3 Å². The zero-order chi connectivity index (χ0) is 19.1. The molecule has 0 spiro atoms. The van der Waals surface area contributed by atoms with Crippen molar-refractivity contribution in [2.75, 3.05) is 0 Å². The Hall–Kier alpha value is -2.62. The maximum Gasteiger partial charge on any atom is 0.434 e. The molecule has 3 aromatic heterocycles. The predicted molar refractivity (Wildman–Crippen MR) is 78.7 cm³/mol. The van der Waals surface area contributed by atoms with Gasteiger partial charge in [0.15, 0.2) is 16.7 Å². The van der Waals surface area contributed by atoms with Crippen molar-refractivity contribution in [3.63, 3.8) is 0 Å². The lowest BCUT2D eigenvalue weighted by Gasteiger charge is -2.08. The highest BCUT2D eigenvalue weighted by molar-refractivity contribution is 6.29. The van der Waals surface area contributed by atoms with E-state index in [1.807, 2.05) is 0 Å². The Morgan fingerprint density at radius 1 is 1.00 bits per heavy atom. The molecule has 0 aromatic carbocycles. The molecule has 0 aliphatic carbocycles. The highest BCUT2D eigenvalue weighted by atomic mass is 35.5. The van der Waals surface area contributed by atoms with Crippen molar-refractivity contribution < 1.29 is 26.3 Å². The molecule has 0 fully saturated rings. The van der Waals surface area contributed by atoms with E-state index >= 15 is 0 Å². The molecule has 3 rings (SSSR count). The summed E-state index contributed by atoms with van der Waals surface area (Å²) in [6, 6.07) is 1.40. The molecule has 0 unspecified atom stereocenters. The number of hydrogen-bond acceptors (Lipinski definition) is 3. The first-order valence-corrected chi connectivity index (χ1v) is 7.28. The van der Waals surface area contributed by atoms with E-state index in [1.54, 1.807) is 0 Å². The van der Waals surface area contributed by atoms with Crippen LogP contribution in [0.15, 0.2) is 30.7 Å². The third kappa shape index (κ3) is 3.64. The Bertz CT molecular complexity index is 969. The average Bonchev–Trinajstić information content (AvgIpc) is 2.97. The summed E-state index contributed by atoms with van der Waals surface area (Å²) in [5, 5.41) is -0.464. The fourth-order valence-electron chi connectivity index (χ4n) is 2.17. The van der Waals surface area contributed by atoms with Gasteiger partial charge in [0, 0.05) is 24.0 Å². The molecule has 0 N–H and O–H groups in total. The topological polar surface area (TPSA) is 43.6 Å². The van der Waals surface area contributed by atoms with Gasteiger partial charge in [0.2, 0.25) is 0 Å². The van der Waals surface area contributed by atoms with E-state index < -0.39 is 41.0 Å². The lowest BCUT2D eigenvalue weighted by Crippen LogP contribution is -2.07. The van der Waals surface area contributed by atoms with Crippen LogP contribution < -0.4 is 0 Å². The Kier molecular flexibility index (Phi) is 4.61. The molecule has 0 saturated heterocycles. The average molecular weight is 393 g/mol. The van der Waals surface area contributed by atoms with Gasteiger partial charge in [-0.1, -0.05) is 11.6 Å². The number of nitrogens with zero attached hydrogens (tertiary/aromatic N) is 4. The van der Waals surface area contributed by atoms with Gasteiger partial charge in [-0.3, -0.25) is 4.98 Å². The van der Waals surface area contributed by atoms with Crippen LogP contribution in [0.5, 0.6) is 0 Å². The van der Waals surface area contributed by atoms with Crippen LogP contribution in [0.2, 0.25) is 5.15 Å². The van der Waals surface area contributed by atoms with Crippen LogP contribution in [0, 0.1) is 17.5 Å². The van der Waals surface area contributed by atoms with Crippen molar-refractivity contribution in [2.45, 2.75) is 12.7 Å². The van der Waals surface area contributed by atoms with Gasteiger partial charge >= 0.3 is 6.18 Å². The molecule has 26 heavy (non-hydrogen) atoms. The number of halogens is 7. The third-order valence-corrected chi connectivity index (χ3v) is 3.60. The van der Waals surface area contributed by atoms with Crippen LogP contribution >= 0.6 is 11.6 Å². The standard InChI is InChI=1S/C15H7ClF6N4/c16-13-10(19)1-7(3-24-13)14-25-12(15(20,21)22)6-26(14)5-11-9(18)2-8(17)4-23-11/h1-4,6H,5H2. The van der Waals surface area contributed by atoms with Crippen molar-refractivity contribution in [1.82, 2.24) is 19.5 Å². The van der Waals surface area contributed by atoms with Crippen LogP contribution in [0.1, 0.15) is 11.4 Å². The summed E-state index contributed by atoms with van der Waals surface area (Å²) < 4.78 is 80.2. The van der Waals surface area contributed by atoms with Crippen LogP contribution in [-0.2, 0) is 12.7 Å². The van der Waals surface area contributed by atoms with Gasteiger partial charge in [-0.25, -0.2) is 23.1 Å². The van der Waals surface area contributed by atoms with Crippen LogP contribution in [0.4, 0.5) is 26.3 Å². The summed E-state index contributed by atoms with van der Waals surface area (Å²) in [5.41, 5.74) is -1.70. The molecule has 0 saturated carbocycles. The number of rotatable bonds is 3. The van der Waals surface area contributed by atoms with Crippen molar-refractivity contribution >= 4 is 11.6 Å². The van der Waals surface area contributed by atoms with Crippen LogP contribution in [0.25, 0.3) is 11.4 Å². The minimum Gasteiger partial charge on any atom is -0.324 e. The number of imidazole rings is 1. The number of alkyl halides is 3. The van der Waals surface area contributed by atoms with Gasteiger partial charge in [0.05, 0.1) is 18.4 Å². The van der Waals surface area contributed by atoms with Crippen LogP contribution in [0.3, 0.4) is 0 Å². The molecule has 0 amide bonds. The van der Waals surface area contributed by atoms with E-state index in [4.69, 9.17) is 11.6 Å². The van der Waals surface area contributed by atoms with Crippen molar-refractivity contribution in [1.29, 1.82) is 0 Å². The van der Waals surface area contributed by atoms with Gasteiger partial charge in [0.1, 0.15) is 17.5 Å². The SMILES string of the molecule is Fc1cnc(Cn2cc(C(F)(F)F)nc2-c2cnc(Cl)c(F)c2)c(F)c1. The Labute approximate surface area is 147 Å². The minimum atomic E-state index is -4.78. The Balaban J connectivity index is 2.10. The first kappa shape index (κ1) is 18.2. The van der Waals surface area contributed by atoms with Gasteiger partial charge in [0.25, 0.3) is 0 Å². The number of pyridine rings is 2. The molecule has 4 nitrogen and oxygen atoms in total. The first-order valence-electron chi connectivity index (χ1n) is 6.91. The minimum absolute atomic E-state index is 0.107. The molecule has 3 heterocycles. The molecular formula is C15H7ClF6N4. The van der Waals surface area contributed by atoms with Gasteiger partial charge in [-0.15, -0.1) is 0 Å². The van der Waals surface area contributed by atoms with Crippen LogP contribution in [-0.4, -0.2) is 19.5 Å². The first-order chi connectivity index (χ1) is 12.1. The lowest BCUT2D eigenvalue weighted by molar-refractivity contribution is -0.140. The molecule has 136 valence electrons. The van der Waals surface area contributed by atoms with Gasteiger partial charge in [-0.2, -0.15) is 13.2 Å². The maximum absolute atomic E-state index is 13.8. The smallest absolute Gasteiger partial charge is 0.324 e. The van der Waals surface area contributed by atoms with Gasteiger partial charge in [-0.05, 0) is 6.07 Å². The molecule has 0 bridgehead atoms. The summed E-state index contributed by atoms with van der Waals surface area (Å²) in [7, 11) is 0. The number of hydrogen-bond donors (Lipinski definition) is 0. The molecule has 0 radical (unpaired) electrons. The zero-order valence-electron chi connectivity index (χ0n) is 12.5. The summed E-state index contributed by atoms with van der Waals surface area (Å²) in [6.07, 6.45) is -2.42. The maximum atomic E-state index is 13.8. The lowest BCUT2D eigenvalue weighted by atomic mass is 10.2. The highest BCUT2D eigenvalue weighted by Gasteiger charge is 2.35. The van der Waals surface area contributed by atoms with Crippen molar-refractivity contribution in [3.05, 3.63) is 64.7 Å². The van der Waals surface area contributed by atoms with E-state index in [1.165, 1.54) is 0 Å². The molecule has 3 aromatic rings. The molecule has 0 aliphatic heterocycles. The predicted octanol–water partition coefficient (Wildman–Crippen LogP) is 4.48. The van der Waals surface area contributed by atoms with E-state index in [9.17, 15) is 26.3 Å². The largest absolute Gasteiger partial charge is 0.434 e. The summed E-state index contributed by atoms with van der Waals surface area (Å²) >= 11 is 5.46. The second kappa shape index (κ2) is 6.60. The monoisotopic (exact) mass is 392 g/mol. The molecule has 0 atom stereocenters. The van der Waals surface area contributed by atoms with Crippen molar-refractivity contribution in [3.8, 4) is 11.4 Å². The molecule has 0 aliphatic rings. The van der Waals surface area contributed by atoms with Gasteiger partial charge < -0.3 is 4.57 Å². The van der Waals surface area contributed by atoms with E-state index in [0.717, 1.165) is 23.0 Å². The third-order valence-electron chi connectivity index (χ3n) is 3.33. The second-order valence-corrected chi connectivity index (χ2v) is 5.51. The highest BCUT2D eigenvalue weighted by Crippen LogP contribution is 2.32. The van der Waals surface area contributed by atoms with E-state index in [-0.39, 0.29) is 17.1 Å². The normalized spacial score (nSPS) is 11.8. The Morgan fingerprint density at radius 2 is 1.73 bits per heavy atom. The Morgan fingerprint density at radius 3 is 2.35 bits per heavy atom. The molecule has 11 heteroatoms. The van der Waals surface area contributed by atoms with Crippen molar-refractivity contribution in [2.24, 2.45) is 0 Å². The van der Waals surface area contributed by atoms with E-state index in [2.05, 4.69) is 15.0 Å². The molecular weight excluding hydrogens is 386 g/mol. The quantitative estimate of drug-likeness (QED) is 0.487. The second-order valence-electron chi connectivity index (χ2n) is 5.15. The summed E-state index contributed by atoms with van der Waals surface area (Å²) in [6.45, 7) is -0.491. The number of aromatic nitrogens is 4. The fraction of sp³-hybridized carbons (Fsp3) is 0.133.